The van der Waals surface area contributed by atoms with Gasteiger partial charge in [-0.15, -0.1) is 0 Å². The van der Waals surface area contributed by atoms with Crippen molar-refractivity contribution in [2.75, 3.05) is 14.2 Å². The maximum absolute atomic E-state index is 5.31. The average molecular weight is 261 g/mol. The summed E-state index contributed by atoms with van der Waals surface area (Å²) in [6, 6.07) is 6.13. The van der Waals surface area contributed by atoms with Crippen LogP contribution in [0, 0.1) is 0 Å². The number of ether oxygens (including phenoxy) is 2. The van der Waals surface area contributed by atoms with Gasteiger partial charge in [-0.25, -0.2) is 4.98 Å². The molecule has 2 aromatic rings. The first-order valence-corrected chi connectivity index (χ1v) is 6.18. The predicted molar refractivity (Wildman–Crippen MR) is 73.4 cm³/mol. The van der Waals surface area contributed by atoms with E-state index in [1.54, 1.807) is 20.4 Å². The van der Waals surface area contributed by atoms with Crippen LogP contribution in [0.4, 0.5) is 0 Å². The lowest BCUT2D eigenvalue weighted by molar-refractivity contribution is 0.354. The van der Waals surface area contributed by atoms with Crippen molar-refractivity contribution in [1.29, 1.82) is 0 Å². The molecule has 0 amide bonds. The maximum Gasteiger partial charge on any atom is 0.161 e. The minimum absolute atomic E-state index is 0.199. The second kappa shape index (κ2) is 6.24. The Kier molecular flexibility index (Phi) is 4.41. The summed E-state index contributed by atoms with van der Waals surface area (Å²) in [6.45, 7) is 2.80. The molecule has 0 aliphatic rings. The summed E-state index contributed by atoms with van der Waals surface area (Å²) in [4.78, 5) is 7.25. The number of methoxy groups -OCH3 is 2. The number of rotatable bonds is 6. The Balaban J connectivity index is 2.04. The van der Waals surface area contributed by atoms with Gasteiger partial charge in [0.2, 0.25) is 0 Å². The van der Waals surface area contributed by atoms with Crippen LogP contribution in [0.1, 0.15) is 24.4 Å². The van der Waals surface area contributed by atoms with Gasteiger partial charge in [0.15, 0.2) is 11.5 Å². The van der Waals surface area contributed by atoms with Crippen LogP contribution in [0.2, 0.25) is 0 Å². The molecule has 1 atom stereocenters. The molecule has 1 unspecified atom stereocenters. The topological polar surface area (TPSA) is 59.2 Å². The molecule has 0 bridgehead atoms. The molecule has 0 fully saturated rings. The number of H-pyrrole nitrogens is 1. The van der Waals surface area contributed by atoms with E-state index < -0.39 is 0 Å². The van der Waals surface area contributed by atoms with Crippen LogP contribution in [0.5, 0.6) is 11.5 Å². The molecule has 0 spiro atoms. The van der Waals surface area contributed by atoms with E-state index in [9.17, 15) is 0 Å². The molecule has 0 saturated heterocycles. The van der Waals surface area contributed by atoms with Crippen LogP contribution in [0.3, 0.4) is 0 Å². The van der Waals surface area contributed by atoms with Gasteiger partial charge in [-0.2, -0.15) is 0 Å². The second-order valence-electron chi connectivity index (χ2n) is 4.25. The van der Waals surface area contributed by atoms with E-state index >= 15 is 0 Å². The Labute approximate surface area is 113 Å². The minimum Gasteiger partial charge on any atom is -0.493 e. The van der Waals surface area contributed by atoms with Gasteiger partial charge in [-0.1, -0.05) is 6.07 Å². The number of nitrogens with zero attached hydrogens (tertiary/aromatic N) is 1. The summed E-state index contributed by atoms with van der Waals surface area (Å²) >= 11 is 0. The average Bonchev–Trinajstić information content (AvgIpc) is 2.97. The molecule has 19 heavy (non-hydrogen) atoms. The van der Waals surface area contributed by atoms with Gasteiger partial charge in [-0.3, -0.25) is 0 Å². The quantitative estimate of drug-likeness (QED) is 0.837. The summed E-state index contributed by atoms with van der Waals surface area (Å²) in [5, 5.41) is 3.40. The van der Waals surface area contributed by atoms with Gasteiger partial charge in [0.05, 0.1) is 20.8 Å². The Bertz CT molecular complexity index is 511. The molecule has 0 saturated carbocycles. The van der Waals surface area contributed by atoms with Crippen LogP contribution in [0.15, 0.2) is 30.6 Å². The smallest absolute Gasteiger partial charge is 0.161 e. The first-order chi connectivity index (χ1) is 9.24. The van der Waals surface area contributed by atoms with Crippen LogP contribution in [0.25, 0.3) is 0 Å². The van der Waals surface area contributed by atoms with E-state index in [1.165, 1.54) is 0 Å². The lowest BCUT2D eigenvalue weighted by Gasteiger charge is -2.16. The fourth-order valence-electron chi connectivity index (χ4n) is 1.88. The summed E-state index contributed by atoms with van der Waals surface area (Å²) in [7, 11) is 3.28. The fraction of sp³-hybridized carbons (Fsp3) is 0.357. The number of benzene rings is 1. The number of aromatic nitrogens is 2. The Hall–Kier alpha value is -2.01. The molecule has 102 valence electrons. The van der Waals surface area contributed by atoms with Crippen LogP contribution in [-0.4, -0.2) is 24.2 Å². The minimum atomic E-state index is 0.199. The van der Waals surface area contributed by atoms with E-state index in [2.05, 4.69) is 22.2 Å². The van der Waals surface area contributed by atoms with Crippen molar-refractivity contribution in [3.63, 3.8) is 0 Å². The third-order valence-electron chi connectivity index (χ3n) is 3.04. The predicted octanol–water partition coefficient (Wildman–Crippen LogP) is 2.28. The Morgan fingerprint density at radius 1 is 1.26 bits per heavy atom. The molecular formula is C14H19N3O2. The van der Waals surface area contributed by atoms with E-state index in [-0.39, 0.29) is 6.04 Å². The zero-order valence-electron chi connectivity index (χ0n) is 11.4. The van der Waals surface area contributed by atoms with Crippen LogP contribution < -0.4 is 14.8 Å². The highest BCUT2D eigenvalue weighted by Crippen LogP contribution is 2.29. The molecule has 2 N–H and O–H groups in total. The highest BCUT2D eigenvalue weighted by molar-refractivity contribution is 5.43. The Morgan fingerprint density at radius 2 is 2.05 bits per heavy atom. The van der Waals surface area contributed by atoms with E-state index in [1.807, 2.05) is 24.4 Å². The number of imidazole rings is 1. The summed E-state index contributed by atoms with van der Waals surface area (Å²) in [5.41, 5.74) is 1.14. The molecule has 1 heterocycles. The molecule has 5 nitrogen and oxygen atoms in total. The molecule has 5 heteroatoms. The highest BCUT2D eigenvalue weighted by Gasteiger charge is 2.10. The van der Waals surface area contributed by atoms with E-state index in [0.717, 1.165) is 22.9 Å². The number of nitrogens with one attached hydrogen (secondary N) is 2. The lowest BCUT2D eigenvalue weighted by atomic mass is 10.1. The van der Waals surface area contributed by atoms with Gasteiger partial charge in [0.1, 0.15) is 5.82 Å². The number of hydrogen-bond acceptors (Lipinski definition) is 4. The van der Waals surface area contributed by atoms with Gasteiger partial charge >= 0.3 is 0 Å². The zero-order valence-corrected chi connectivity index (χ0v) is 11.4. The highest BCUT2D eigenvalue weighted by atomic mass is 16.5. The summed E-state index contributed by atoms with van der Waals surface area (Å²) in [5.74, 6) is 2.41. The maximum atomic E-state index is 5.31. The second-order valence-corrected chi connectivity index (χ2v) is 4.25. The largest absolute Gasteiger partial charge is 0.493 e. The monoisotopic (exact) mass is 261 g/mol. The van der Waals surface area contributed by atoms with Crippen molar-refractivity contribution in [3.05, 3.63) is 42.0 Å². The van der Waals surface area contributed by atoms with Crippen molar-refractivity contribution in [1.82, 2.24) is 15.3 Å². The van der Waals surface area contributed by atoms with Crippen molar-refractivity contribution in [3.8, 4) is 11.5 Å². The third kappa shape index (κ3) is 3.26. The van der Waals surface area contributed by atoms with Gasteiger partial charge in [0.25, 0.3) is 0 Å². The normalized spacial score (nSPS) is 12.2. The summed E-state index contributed by atoms with van der Waals surface area (Å²) < 4.78 is 10.5. The lowest BCUT2D eigenvalue weighted by Crippen LogP contribution is -2.18. The molecule has 2 rings (SSSR count). The third-order valence-corrected chi connectivity index (χ3v) is 3.04. The summed E-state index contributed by atoms with van der Waals surface area (Å²) in [6.07, 6.45) is 3.57. The van der Waals surface area contributed by atoms with Gasteiger partial charge in [-0.05, 0) is 24.6 Å². The molecular weight excluding hydrogens is 242 g/mol. The fourth-order valence-corrected chi connectivity index (χ4v) is 1.88. The van der Waals surface area contributed by atoms with E-state index in [0.29, 0.717) is 6.54 Å². The first-order valence-electron chi connectivity index (χ1n) is 6.18. The van der Waals surface area contributed by atoms with Crippen molar-refractivity contribution < 1.29 is 9.47 Å². The van der Waals surface area contributed by atoms with Crippen LogP contribution in [-0.2, 0) is 6.54 Å². The number of hydrogen-bond donors (Lipinski definition) is 2. The van der Waals surface area contributed by atoms with Crippen molar-refractivity contribution in [2.45, 2.75) is 19.5 Å². The Morgan fingerprint density at radius 3 is 2.68 bits per heavy atom. The molecule has 1 aromatic heterocycles. The molecule has 0 aliphatic heterocycles. The van der Waals surface area contributed by atoms with Gasteiger partial charge in [0, 0.05) is 18.4 Å². The zero-order chi connectivity index (χ0) is 13.7. The molecule has 1 aromatic carbocycles. The van der Waals surface area contributed by atoms with Gasteiger partial charge < -0.3 is 19.8 Å². The van der Waals surface area contributed by atoms with Crippen molar-refractivity contribution in [2.24, 2.45) is 0 Å². The standard InChI is InChI=1S/C14H19N3O2/c1-10(17-9-14-15-6-7-16-14)11-4-5-12(18-2)13(8-11)19-3/h4-8,10,17H,9H2,1-3H3,(H,15,16). The number of aromatic amines is 1. The first kappa shape index (κ1) is 13.4. The molecule has 0 aliphatic carbocycles. The molecule has 0 radical (unpaired) electrons. The van der Waals surface area contributed by atoms with E-state index in [4.69, 9.17) is 9.47 Å². The van der Waals surface area contributed by atoms with Crippen LogP contribution >= 0.6 is 0 Å². The van der Waals surface area contributed by atoms with Crippen molar-refractivity contribution >= 4 is 0 Å². The SMILES string of the molecule is COc1ccc(C(C)NCc2ncc[nH]2)cc1OC.